The average molecular weight is 367 g/mol. The lowest BCUT2D eigenvalue weighted by molar-refractivity contribution is -0.118. The van der Waals surface area contributed by atoms with E-state index in [1.54, 1.807) is 43.8 Å². The summed E-state index contributed by atoms with van der Waals surface area (Å²) in [5, 5.41) is 2.71. The van der Waals surface area contributed by atoms with Crippen molar-refractivity contribution in [2.45, 2.75) is 20.8 Å². The first-order chi connectivity index (χ1) is 13.0. The van der Waals surface area contributed by atoms with Gasteiger partial charge in [-0.2, -0.15) is 0 Å². The van der Waals surface area contributed by atoms with Crippen LogP contribution in [0.25, 0.3) is 5.95 Å². The molecule has 8 nitrogen and oxygen atoms in total. The lowest BCUT2D eigenvalue weighted by Crippen LogP contribution is -2.20. The molecule has 27 heavy (non-hydrogen) atoms. The Morgan fingerprint density at radius 2 is 1.70 bits per heavy atom. The van der Waals surface area contributed by atoms with Crippen LogP contribution in [0.5, 0.6) is 11.5 Å². The third-order valence-corrected chi connectivity index (χ3v) is 4.06. The van der Waals surface area contributed by atoms with E-state index in [9.17, 15) is 4.79 Å². The van der Waals surface area contributed by atoms with Gasteiger partial charge in [0.1, 0.15) is 17.3 Å². The highest BCUT2D eigenvalue weighted by molar-refractivity contribution is 5.91. The largest absolute Gasteiger partial charge is 0.497 e. The lowest BCUT2D eigenvalue weighted by atomic mass is 10.3. The number of carbonyl (C=O) groups excluding carboxylic acids is 1. The predicted octanol–water partition coefficient (Wildman–Crippen LogP) is 2.61. The minimum atomic E-state index is -0.298. The normalized spacial score (nSPS) is 10.5. The summed E-state index contributed by atoms with van der Waals surface area (Å²) in [7, 11) is 1.59. The first kappa shape index (κ1) is 18.4. The molecule has 0 radical (unpaired) electrons. The average Bonchev–Trinajstić information content (AvgIpc) is 2.93. The van der Waals surface area contributed by atoms with E-state index in [-0.39, 0.29) is 12.5 Å². The molecule has 3 aromatic rings. The van der Waals surface area contributed by atoms with Crippen molar-refractivity contribution in [3.05, 3.63) is 53.9 Å². The van der Waals surface area contributed by atoms with E-state index in [0.717, 1.165) is 23.0 Å². The summed E-state index contributed by atoms with van der Waals surface area (Å²) in [5.41, 5.74) is 2.41. The summed E-state index contributed by atoms with van der Waals surface area (Å²) in [6, 6.07) is 7.01. The molecule has 1 amide bonds. The van der Waals surface area contributed by atoms with Crippen LogP contribution in [0.15, 0.2) is 36.7 Å². The van der Waals surface area contributed by atoms with Gasteiger partial charge in [0.2, 0.25) is 5.95 Å². The minimum Gasteiger partial charge on any atom is -0.497 e. The molecule has 0 aliphatic heterocycles. The Labute approximate surface area is 157 Å². The fourth-order valence-electron chi connectivity index (χ4n) is 2.59. The maximum Gasteiger partial charge on any atom is 0.262 e. The van der Waals surface area contributed by atoms with E-state index in [1.807, 2.05) is 25.3 Å². The Hall–Kier alpha value is -3.42. The van der Waals surface area contributed by atoms with Gasteiger partial charge in [-0.1, -0.05) is 0 Å². The van der Waals surface area contributed by atoms with Gasteiger partial charge in [-0.3, -0.25) is 9.36 Å². The zero-order chi connectivity index (χ0) is 19.4. The summed E-state index contributed by atoms with van der Waals surface area (Å²) in [6.45, 7) is 5.68. The monoisotopic (exact) mass is 367 g/mol. The Balaban J connectivity index is 1.59. The van der Waals surface area contributed by atoms with Gasteiger partial charge in [0.05, 0.1) is 30.9 Å². The van der Waals surface area contributed by atoms with Gasteiger partial charge in [0, 0.05) is 5.69 Å². The fraction of sp³-hybridized carbons (Fsp3) is 0.263. The van der Waals surface area contributed by atoms with E-state index in [0.29, 0.717) is 17.4 Å². The van der Waals surface area contributed by atoms with Crippen LogP contribution in [0.4, 0.5) is 5.69 Å². The van der Waals surface area contributed by atoms with Gasteiger partial charge in [0.15, 0.2) is 6.61 Å². The molecular formula is C19H21N5O3. The Morgan fingerprint density at radius 1 is 1.07 bits per heavy atom. The molecule has 1 aromatic carbocycles. The van der Waals surface area contributed by atoms with E-state index in [1.165, 1.54) is 0 Å². The Kier molecular flexibility index (Phi) is 5.35. The number of rotatable bonds is 6. The van der Waals surface area contributed by atoms with Crippen LogP contribution in [0.2, 0.25) is 0 Å². The van der Waals surface area contributed by atoms with Gasteiger partial charge in [-0.25, -0.2) is 15.0 Å². The van der Waals surface area contributed by atoms with Crippen molar-refractivity contribution in [3.8, 4) is 17.4 Å². The Morgan fingerprint density at radius 3 is 2.26 bits per heavy atom. The minimum absolute atomic E-state index is 0.118. The summed E-state index contributed by atoms with van der Waals surface area (Å²) in [6.07, 6.45) is 3.11. The molecule has 0 saturated heterocycles. The number of benzene rings is 1. The van der Waals surface area contributed by atoms with Crippen molar-refractivity contribution in [2.24, 2.45) is 0 Å². The molecule has 0 unspecified atom stereocenters. The van der Waals surface area contributed by atoms with Crippen LogP contribution in [0, 0.1) is 20.8 Å². The van der Waals surface area contributed by atoms with Crippen molar-refractivity contribution in [1.29, 1.82) is 0 Å². The lowest BCUT2D eigenvalue weighted by Gasteiger charge is -2.09. The van der Waals surface area contributed by atoms with Crippen molar-refractivity contribution in [3.63, 3.8) is 0 Å². The highest BCUT2D eigenvalue weighted by Gasteiger charge is 2.12. The predicted molar refractivity (Wildman–Crippen MR) is 100 cm³/mol. The molecule has 0 aliphatic carbocycles. The molecule has 0 atom stereocenters. The van der Waals surface area contributed by atoms with Crippen molar-refractivity contribution < 1.29 is 14.3 Å². The highest BCUT2D eigenvalue weighted by atomic mass is 16.5. The SMILES string of the molecule is COc1ccc(OCC(=O)Nc2cnc(-n3c(C)nc(C)c3C)nc2)cc1. The zero-order valence-corrected chi connectivity index (χ0v) is 15.7. The number of ether oxygens (including phenoxy) is 2. The standard InChI is InChI=1S/C19H21N5O3/c1-12-13(2)24(14(3)22-12)19-20-9-15(10-21-19)23-18(25)11-27-17-7-5-16(26-4)6-8-17/h5-10H,11H2,1-4H3,(H,23,25). The molecule has 0 spiro atoms. The molecule has 3 rings (SSSR count). The molecule has 0 bridgehead atoms. The van der Waals surface area contributed by atoms with Gasteiger partial charge < -0.3 is 14.8 Å². The molecule has 140 valence electrons. The smallest absolute Gasteiger partial charge is 0.262 e. The second-order valence-corrected chi connectivity index (χ2v) is 5.95. The number of anilines is 1. The summed E-state index contributed by atoms with van der Waals surface area (Å²) < 4.78 is 12.4. The summed E-state index contributed by atoms with van der Waals surface area (Å²) in [4.78, 5) is 25.1. The van der Waals surface area contributed by atoms with Crippen LogP contribution < -0.4 is 14.8 Å². The molecule has 0 aliphatic rings. The third-order valence-electron chi connectivity index (χ3n) is 4.06. The molecule has 1 N–H and O–H groups in total. The number of nitrogens with one attached hydrogen (secondary N) is 1. The number of nitrogens with zero attached hydrogens (tertiary/aromatic N) is 4. The van der Waals surface area contributed by atoms with E-state index >= 15 is 0 Å². The Bertz CT molecular complexity index is 933. The van der Waals surface area contributed by atoms with Crippen molar-refractivity contribution >= 4 is 11.6 Å². The van der Waals surface area contributed by atoms with E-state index < -0.39 is 0 Å². The number of aryl methyl sites for hydroxylation is 2. The fourth-order valence-corrected chi connectivity index (χ4v) is 2.59. The number of hydrogen-bond donors (Lipinski definition) is 1. The van der Waals surface area contributed by atoms with Crippen LogP contribution in [0.3, 0.4) is 0 Å². The van der Waals surface area contributed by atoms with Gasteiger partial charge in [-0.05, 0) is 45.0 Å². The highest BCUT2D eigenvalue weighted by Crippen LogP contribution is 2.17. The number of aromatic nitrogens is 4. The second kappa shape index (κ2) is 7.86. The number of amides is 1. The van der Waals surface area contributed by atoms with Gasteiger partial charge in [0.25, 0.3) is 5.91 Å². The van der Waals surface area contributed by atoms with Gasteiger partial charge >= 0.3 is 0 Å². The topological polar surface area (TPSA) is 91.2 Å². The van der Waals surface area contributed by atoms with E-state index in [2.05, 4.69) is 20.3 Å². The van der Waals surface area contributed by atoms with Crippen LogP contribution in [-0.4, -0.2) is 39.1 Å². The van der Waals surface area contributed by atoms with Crippen LogP contribution >= 0.6 is 0 Å². The maximum absolute atomic E-state index is 12.0. The third kappa shape index (κ3) is 4.22. The summed E-state index contributed by atoms with van der Waals surface area (Å²) in [5.74, 6) is 2.34. The molecule has 0 fully saturated rings. The maximum atomic E-state index is 12.0. The van der Waals surface area contributed by atoms with Gasteiger partial charge in [-0.15, -0.1) is 0 Å². The number of hydrogen-bond acceptors (Lipinski definition) is 6. The molecular weight excluding hydrogens is 346 g/mol. The van der Waals surface area contributed by atoms with Crippen LogP contribution in [-0.2, 0) is 4.79 Å². The second-order valence-electron chi connectivity index (χ2n) is 5.95. The van der Waals surface area contributed by atoms with Crippen molar-refractivity contribution in [1.82, 2.24) is 19.5 Å². The van der Waals surface area contributed by atoms with Crippen LogP contribution in [0.1, 0.15) is 17.2 Å². The molecule has 2 aromatic heterocycles. The summed E-state index contributed by atoms with van der Waals surface area (Å²) >= 11 is 0. The number of methoxy groups -OCH3 is 1. The molecule has 0 saturated carbocycles. The first-order valence-electron chi connectivity index (χ1n) is 8.39. The zero-order valence-electron chi connectivity index (χ0n) is 15.7. The number of carbonyl (C=O) groups is 1. The number of imidazole rings is 1. The quantitative estimate of drug-likeness (QED) is 0.720. The molecule has 8 heteroatoms. The molecule has 2 heterocycles. The van der Waals surface area contributed by atoms with E-state index in [4.69, 9.17) is 9.47 Å². The first-order valence-corrected chi connectivity index (χ1v) is 8.39. The van der Waals surface area contributed by atoms with Crippen molar-refractivity contribution in [2.75, 3.05) is 19.0 Å².